The van der Waals surface area contributed by atoms with Crippen molar-refractivity contribution in [3.05, 3.63) is 28.1 Å². The Labute approximate surface area is 101 Å². The van der Waals surface area contributed by atoms with Gasteiger partial charge in [0.05, 0.1) is 10.7 Å². The van der Waals surface area contributed by atoms with Crippen molar-refractivity contribution in [2.24, 2.45) is 0 Å². The highest BCUT2D eigenvalue weighted by Gasteiger charge is 2.07. The van der Waals surface area contributed by atoms with E-state index in [0.717, 1.165) is 15.6 Å². The molecule has 6 heteroatoms. The topological polar surface area (TPSA) is 54.0 Å². The molecular weight excluding hydrogens is 242 g/mol. The van der Waals surface area contributed by atoms with E-state index in [9.17, 15) is 4.79 Å². The van der Waals surface area contributed by atoms with Crippen LogP contribution in [0.25, 0.3) is 0 Å². The second-order valence-electron chi connectivity index (χ2n) is 3.22. The summed E-state index contributed by atoms with van der Waals surface area (Å²) in [6, 6.07) is 3.48. The minimum Gasteiger partial charge on any atom is -0.299 e. The molecule has 2 rings (SSSR count). The monoisotopic (exact) mass is 253 g/mol. The molecule has 4 nitrogen and oxygen atoms in total. The second-order valence-corrected chi connectivity index (χ2v) is 5.37. The molecule has 0 aromatic carbocycles. The zero-order chi connectivity index (χ0) is 11.5. The molecule has 2 amide bonds. The van der Waals surface area contributed by atoms with Gasteiger partial charge in [-0.2, -0.15) is 0 Å². The van der Waals surface area contributed by atoms with Crippen LogP contribution in [0.5, 0.6) is 0 Å². The van der Waals surface area contributed by atoms with Crippen LogP contribution in [0.1, 0.15) is 10.6 Å². The highest BCUT2D eigenvalue weighted by Crippen LogP contribution is 2.21. The van der Waals surface area contributed by atoms with Crippen molar-refractivity contribution in [2.45, 2.75) is 13.8 Å². The Balaban J connectivity index is 1.97. The van der Waals surface area contributed by atoms with Crippen LogP contribution in [0.2, 0.25) is 0 Å². The summed E-state index contributed by atoms with van der Waals surface area (Å²) in [5.74, 6) is 0. The van der Waals surface area contributed by atoms with E-state index >= 15 is 0 Å². The van der Waals surface area contributed by atoms with E-state index in [-0.39, 0.29) is 6.03 Å². The quantitative estimate of drug-likeness (QED) is 0.861. The molecular formula is C10H11N3OS2. The number of urea groups is 1. The summed E-state index contributed by atoms with van der Waals surface area (Å²) in [7, 11) is 0. The van der Waals surface area contributed by atoms with Gasteiger partial charge in [-0.15, -0.1) is 22.7 Å². The lowest BCUT2D eigenvalue weighted by molar-refractivity contribution is 0.262. The molecule has 0 saturated heterocycles. The highest BCUT2D eigenvalue weighted by atomic mass is 32.1. The third-order valence-corrected chi connectivity index (χ3v) is 3.78. The predicted molar refractivity (Wildman–Crippen MR) is 68.5 cm³/mol. The first-order valence-electron chi connectivity index (χ1n) is 4.70. The van der Waals surface area contributed by atoms with Crippen LogP contribution in [0, 0.1) is 13.8 Å². The molecule has 0 unspecified atom stereocenters. The normalized spacial score (nSPS) is 10.1. The molecule has 0 spiro atoms. The van der Waals surface area contributed by atoms with Gasteiger partial charge in [-0.25, -0.2) is 9.78 Å². The van der Waals surface area contributed by atoms with Crippen molar-refractivity contribution in [3.8, 4) is 0 Å². The molecule has 2 N–H and O–H groups in total. The van der Waals surface area contributed by atoms with Gasteiger partial charge in [0.15, 0.2) is 5.13 Å². The third-order valence-electron chi connectivity index (χ3n) is 2.01. The van der Waals surface area contributed by atoms with Gasteiger partial charge in [0.1, 0.15) is 0 Å². The lowest BCUT2D eigenvalue weighted by atomic mass is 10.4. The minimum absolute atomic E-state index is 0.254. The molecule has 0 aliphatic rings. The van der Waals surface area contributed by atoms with Crippen molar-refractivity contribution in [2.75, 3.05) is 10.6 Å². The summed E-state index contributed by atoms with van der Waals surface area (Å²) in [5.41, 5.74) is 0.955. The summed E-state index contributed by atoms with van der Waals surface area (Å²) in [4.78, 5) is 16.9. The molecule has 2 aromatic rings. The van der Waals surface area contributed by atoms with E-state index in [1.807, 2.05) is 31.4 Å². The fourth-order valence-corrected chi connectivity index (χ4v) is 2.54. The molecule has 16 heavy (non-hydrogen) atoms. The average molecular weight is 253 g/mol. The molecule has 0 bridgehead atoms. The summed E-state index contributed by atoms with van der Waals surface area (Å²) in [6.45, 7) is 3.91. The van der Waals surface area contributed by atoms with Crippen LogP contribution >= 0.6 is 22.7 Å². The largest absolute Gasteiger partial charge is 0.326 e. The summed E-state index contributed by atoms with van der Waals surface area (Å²) in [6.07, 6.45) is 0. The van der Waals surface area contributed by atoms with Gasteiger partial charge in [0, 0.05) is 4.88 Å². The number of aryl methyl sites for hydroxylation is 2. The lowest BCUT2D eigenvalue weighted by Crippen LogP contribution is -2.18. The molecule has 2 heterocycles. The molecule has 0 fully saturated rings. The van der Waals surface area contributed by atoms with Crippen LogP contribution in [0.4, 0.5) is 14.9 Å². The Hall–Kier alpha value is -1.40. The molecule has 2 aromatic heterocycles. The molecule has 84 valence electrons. The van der Waals surface area contributed by atoms with Gasteiger partial charge in [-0.05, 0) is 31.4 Å². The number of rotatable bonds is 2. The Morgan fingerprint density at radius 3 is 2.75 bits per heavy atom. The zero-order valence-corrected chi connectivity index (χ0v) is 10.5. The Morgan fingerprint density at radius 1 is 1.38 bits per heavy atom. The molecule has 0 saturated carbocycles. The standard InChI is InChI=1S/C10H11N3OS2/c1-6-7(2)16-10(11-6)13-9(14)12-8-4-3-5-15-8/h3-5H,1-2H3,(H2,11,12,13,14). The number of anilines is 2. The first kappa shape index (κ1) is 11.1. The molecule has 0 aliphatic carbocycles. The minimum atomic E-state index is -0.254. The van der Waals surface area contributed by atoms with Crippen molar-refractivity contribution in [1.29, 1.82) is 0 Å². The SMILES string of the molecule is Cc1nc(NC(=O)Nc2cccs2)sc1C. The van der Waals surface area contributed by atoms with Crippen LogP contribution in [0.15, 0.2) is 17.5 Å². The Kier molecular flexibility index (Phi) is 3.21. The lowest BCUT2D eigenvalue weighted by Gasteiger charge is -2.01. The smallest absolute Gasteiger partial charge is 0.299 e. The number of amides is 2. The van der Waals surface area contributed by atoms with E-state index in [4.69, 9.17) is 0 Å². The van der Waals surface area contributed by atoms with E-state index in [2.05, 4.69) is 15.6 Å². The number of hydrogen-bond donors (Lipinski definition) is 2. The van der Waals surface area contributed by atoms with Crippen molar-refractivity contribution >= 4 is 38.8 Å². The number of nitrogens with one attached hydrogen (secondary N) is 2. The van der Waals surface area contributed by atoms with E-state index in [0.29, 0.717) is 5.13 Å². The van der Waals surface area contributed by atoms with Gasteiger partial charge in [0.25, 0.3) is 0 Å². The second kappa shape index (κ2) is 4.63. The average Bonchev–Trinajstić information content (AvgIpc) is 2.78. The fraction of sp³-hybridized carbons (Fsp3) is 0.200. The van der Waals surface area contributed by atoms with Crippen LogP contribution in [-0.2, 0) is 0 Å². The van der Waals surface area contributed by atoms with Gasteiger partial charge in [-0.3, -0.25) is 10.6 Å². The number of carbonyl (C=O) groups is 1. The Morgan fingerprint density at radius 2 is 2.19 bits per heavy atom. The summed E-state index contributed by atoms with van der Waals surface area (Å²) >= 11 is 2.96. The van der Waals surface area contributed by atoms with Gasteiger partial charge >= 0.3 is 6.03 Å². The summed E-state index contributed by atoms with van der Waals surface area (Å²) in [5, 5.41) is 8.80. The first-order chi connectivity index (χ1) is 7.65. The van der Waals surface area contributed by atoms with Crippen molar-refractivity contribution in [1.82, 2.24) is 4.98 Å². The van der Waals surface area contributed by atoms with Crippen LogP contribution in [0.3, 0.4) is 0 Å². The summed E-state index contributed by atoms with van der Waals surface area (Å²) < 4.78 is 0. The maximum absolute atomic E-state index is 11.6. The number of hydrogen-bond acceptors (Lipinski definition) is 4. The van der Waals surface area contributed by atoms with E-state index < -0.39 is 0 Å². The van der Waals surface area contributed by atoms with Crippen LogP contribution < -0.4 is 10.6 Å². The van der Waals surface area contributed by atoms with Gasteiger partial charge < -0.3 is 0 Å². The maximum atomic E-state index is 11.6. The molecule has 0 aliphatic heterocycles. The van der Waals surface area contributed by atoms with E-state index in [1.54, 1.807) is 0 Å². The Bertz CT molecular complexity index is 471. The van der Waals surface area contributed by atoms with Gasteiger partial charge in [0.2, 0.25) is 0 Å². The number of thiophene rings is 1. The van der Waals surface area contributed by atoms with E-state index in [1.165, 1.54) is 22.7 Å². The van der Waals surface area contributed by atoms with Crippen molar-refractivity contribution < 1.29 is 4.79 Å². The number of nitrogens with zero attached hydrogens (tertiary/aromatic N) is 1. The van der Waals surface area contributed by atoms with Crippen molar-refractivity contribution in [3.63, 3.8) is 0 Å². The first-order valence-corrected chi connectivity index (χ1v) is 6.40. The highest BCUT2D eigenvalue weighted by molar-refractivity contribution is 7.16. The predicted octanol–water partition coefficient (Wildman–Crippen LogP) is 3.47. The van der Waals surface area contributed by atoms with Gasteiger partial charge in [-0.1, -0.05) is 0 Å². The zero-order valence-electron chi connectivity index (χ0n) is 8.90. The number of thiazole rings is 1. The number of carbonyl (C=O) groups excluding carboxylic acids is 1. The molecule has 0 radical (unpaired) electrons. The van der Waals surface area contributed by atoms with Crippen LogP contribution in [-0.4, -0.2) is 11.0 Å². The third kappa shape index (κ3) is 2.59. The number of aromatic nitrogens is 1. The fourth-order valence-electron chi connectivity index (χ4n) is 1.12. The molecule has 0 atom stereocenters. The maximum Gasteiger partial charge on any atom is 0.326 e.